The molecule has 5 nitrogen and oxygen atoms in total. The number of rotatable bonds is 2. The van der Waals surface area contributed by atoms with Crippen molar-refractivity contribution in [3.8, 4) is 0 Å². The molecule has 2 saturated heterocycles. The van der Waals surface area contributed by atoms with E-state index in [0.29, 0.717) is 26.3 Å². The van der Waals surface area contributed by atoms with Crippen LogP contribution in [0.5, 0.6) is 0 Å². The highest BCUT2D eigenvalue weighted by Gasteiger charge is 2.47. The van der Waals surface area contributed by atoms with E-state index >= 15 is 0 Å². The minimum Gasteiger partial charge on any atom is -0.375 e. The first kappa shape index (κ1) is 12.0. The van der Waals surface area contributed by atoms with Crippen LogP contribution in [0.25, 0.3) is 0 Å². The zero-order chi connectivity index (χ0) is 11.8. The maximum atomic E-state index is 11.7. The molecule has 2 aliphatic heterocycles. The summed E-state index contributed by atoms with van der Waals surface area (Å²) in [6.45, 7) is 7.07. The Labute approximate surface area is 96.1 Å². The molecule has 2 unspecified atom stereocenters. The lowest BCUT2D eigenvalue weighted by molar-refractivity contribution is -0.119. The highest BCUT2D eigenvalue weighted by molar-refractivity contribution is 7.92. The summed E-state index contributed by atoms with van der Waals surface area (Å²) in [6, 6.07) is 0. The lowest BCUT2D eigenvalue weighted by Crippen LogP contribution is -2.56. The van der Waals surface area contributed by atoms with Gasteiger partial charge in [-0.1, -0.05) is 6.58 Å². The molecular formula is C10H17NO4S. The minimum atomic E-state index is -3.35. The molecule has 16 heavy (non-hydrogen) atoms. The van der Waals surface area contributed by atoms with Crippen LogP contribution in [0.4, 0.5) is 0 Å². The fraction of sp³-hybridized carbons (Fsp3) is 0.800. The highest BCUT2D eigenvalue weighted by Crippen LogP contribution is 2.33. The lowest BCUT2D eigenvalue weighted by Gasteiger charge is -2.40. The molecule has 2 rings (SSSR count). The van der Waals surface area contributed by atoms with Crippen molar-refractivity contribution in [2.24, 2.45) is 0 Å². The van der Waals surface area contributed by atoms with E-state index in [9.17, 15) is 8.42 Å². The van der Waals surface area contributed by atoms with E-state index in [1.807, 2.05) is 6.92 Å². The molecule has 0 N–H and O–H groups in total. The molecule has 1 spiro atoms. The smallest absolute Gasteiger partial charge is 0.235 e. The molecule has 0 aliphatic carbocycles. The van der Waals surface area contributed by atoms with Gasteiger partial charge in [0.25, 0.3) is 0 Å². The number of sulfonamides is 1. The Bertz CT molecular complexity index is 380. The number of hydrogen-bond acceptors (Lipinski definition) is 4. The maximum absolute atomic E-state index is 11.7. The predicted molar refractivity (Wildman–Crippen MR) is 59.4 cm³/mol. The lowest BCUT2D eigenvalue weighted by atomic mass is 9.95. The van der Waals surface area contributed by atoms with Crippen molar-refractivity contribution in [2.45, 2.75) is 25.0 Å². The monoisotopic (exact) mass is 247 g/mol. The molecule has 0 bridgehead atoms. The van der Waals surface area contributed by atoms with E-state index in [1.54, 1.807) is 0 Å². The van der Waals surface area contributed by atoms with Crippen molar-refractivity contribution in [2.75, 3.05) is 26.3 Å². The van der Waals surface area contributed by atoms with Gasteiger partial charge in [-0.15, -0.1) is 0 Å². The number of nitrogens with zero attached hydrogens (tertiary/aromatic N) is 1. The summed E-state index contributed by atoms with van der Waals surface area (Å²) in [7, 11) is -3.35. The second kappa shape index (κ2) is 4.10. The van der Waals surface area contributed by atoms with E-state index in [-0.39, 0.29) is 6.10 Å². The third kappa shape index (κ3) is 1.90. The molecule has 2 heterocycles. The van der Waals surface area contributed by atoms with Crippen molar-refractivity contribution in [3.05, 3.63) is 12.0 Å². The molecule has 0 aromatic carbocycles. The maximum Gasteiger partial charge on any atom is 0.235 e. The van der Waals surface area contributed by atoms with Crippen LogP contribution in [-0.2, 0) is 19.5 Å². The van der Waals surface area contributed by atoms with Crippen LogP contribution in [-0.4, -0.2) is 50.7 Å². The summed E-state index contributed by atoms with van der Waals surface area (Å²) in [4.78, 5) is 0. The quantitative estimate of drug-likeness (QED) is 0.706. The summed E-state index contributed by atoms with van der Waals surface area (Å²) in [6.07, 6.45) is 0.687. The van der Waals surface area contributed by atoms with E-state index in [1.165, 1.54) is 4.31 Å². The average Bonchev–Trinajstić information content (AvgIpc) is 2.61. The number of ether oxygens (including phenoxy) is 2. The molecule has 2 aliphatic rings. The molecule has 92 valence electrons. The first-order valence-electron chi connectivity index (χ1n) is 5.38. The molecule has 0 saturated carbocycles. The van der Waals surface area contributed by atoms with Crippen LogP contribution in [0, 0.1) is 0 Å². The first-order chi connectivity index (χ1) is 7.50. The second-order valence-corrected chi connectivity index (χ2v) is 6.10. The van der Waals surface area contributed by atoms with Crippen LogP contribution in [0.15, 0.2) is 12.0 Å². The van der Waals surface area contributed by atoms with Crippen molar-refractivity contribution in [1.82, 2.24) is 4.31 Å². The van der Waals surface area contributed by atoms with Gasteiger partial charge in [0.1, 0.15) is 5.60 Å². The third-order valence-electron chi connectivity index (χ3n) is 3.38. The Morgan fingerprint density at radius 2 is 2.25 bits per heavy atom. The van der Waals surface area contributed by atoms with Gasteiger partial charge in [0, 0.05) is 31.5 Å². The van der Waals surface area contributed by atoms with Crippen molar-refractivity contribution in [1.29, 1.82) is 0 Å². The standard InChI is InChI=1S/C10H17NO4S/c1-3-16(12,13)11-5-7-15-10(8-11)4-6-14-9(10)2/h3,9H,1,4-8H2,2H3. The summed E-state index contributed by atoms with van der Waals surface area (Å²) in [5.41, 5.74) is -0.464. The first-order valence-corrected chi connectivity index (χ1v) is 6.89. The summed E-state index contributed by atoms with van der Waals surface area (Å²) >= 11 is 0. The minimum absolute atomic E-state index is 0.0599. The normalized spacial score (nSPS) is 36.7. The number of morpholine rings is 1. The summed E-state index contributed by atoms with van der Waals surface area (Å²) < 4.78 is 36.1. The van der Waals surface area contributed by atoms with Crippen LogP contribution in [0.2, 0.25) is 0 Å². The number of hydrogen-bond donors (Lipinski definition) is 0. The van der Waals surface area contributed by atoms with Gasteiger partial charge >= 0.3 is 0 Å². The van der Waals surface area contributed by atoms with Gasteiger partial charge < -0.3 is 9.47 Å². The average molecular weight is 247 g/mol. The summed E-state index contributed by atoms with van der Waals surface area (Å²) in [5, 5.41) is 0.993. The largest absolute Gasteiger partial charge is 0.375 e. The van der Waals surface area contributed by atoms with Gasteiger partial charge in [-0.2, -0.15) is 4.31 Å². The van der Waals surface area contributed by atoms with Gasteiger partial charge in [-0.05, 0) is 6.92 Å². The van der Waals surface area contributed by atoms with E-state index < -0.39 is 15.6 Å². The molecule has 2 fully saturated rings. The fourth-order valence-corrected chi connectivity index (χ4v) is 3.20. The van der Waals surface area contributed by atoms with E-state index in [2.05, 4.69) is 6.58 Å². The fourth-order valence-electron chi connectivity index (χ4n) is 2.26. The predicted octanol–water partition coefficient (Wildman–Crippen LogP) is 0.339. The molecule has 0 aromatic heterocycles. The van der Waals surface area contributed by atoms with Gasteiger partial charge in [-0.25, -0.2) is 8.42 Å². The van der Waals surface area contributed by atoms with Crippen molar-refractivity contribution >= 4 is 10.0 Å². The zero-order valence-corrected chi connectivity index (χ0v) is 10.2. The molecule has 2 atom stereocenters. The Balaban J connectivity index is 2.19. The second-order valence-electron chi connectivity index (χ2n) is 4.22. The van der Waals surface area contributed by atoms with Crippen molar-refractivity contribution in [3.63, 3.8) is 0 Å². The van der Waals surface area contributed by atoms with Gasteiger partial charge in [-0.3, -0.25) is 0 Å². The van der Waals surface area contributed by atoms with Gasteiger partial charge in [0.2, 0.25) is 10.0 Å². The Hall–Kier alpha value is -0.430. The van der Waals surface area contributed by atoms with Crippen LogP contribution in [0.3, 0.4) is 0 Å². The van der Waals surface area contributed by atoms with Crippen LogP contribution < -0.4 is 0 Å². The molecular weight excluding hydrogens is 230 g/mol. The molecule has 0 radical (unpaired) electrons. The molecule has 0 amide bonds. The SMILES string of the molecule is C=CS(=O)(=O)N1CCOC2(CCOC2C)C1. The van der Waals surface area contributed by atoms with Crippen LogP contribution >= 0.6 is 0 Å². The Morgan fingerprint density at radius 1 is 1.50 bits per heavy atom. The third-order valence-corrected chi connectivity index (χ3v) is 4.83. The summed E-state index contributed by atoms with van der Waals surface area (Å²) in [5.74, 6) is 0. The molecule has 6 heteroatoms. The highest BCUT2D eigenvalue weighted by atomic mass is 32.2. The Morgan fingerprint density at radius 3 is 2.81 bits per heavy atom. The Kier molecular flexibility index (Phi) is 3.09. The molecule has 0 aromatic rings. The van der Waals surface area contributed by atoms with Gasteiger partial charge in [0.15, 0.2) is 0 Å². The van der Waals surface area contributed by atoms with Gasteiger partial charge in [0.05, 0.1) is 12.7 Å². The van der Waals surface area contributed by atoms with Crippen LogP contribution in [0.1, 0.15) is 13.3 Å². The van der Waals surface area contributed by atoms with Crippen molar-refractivity contribution < 1.29 is 17.9 Å². The zero-order valence-electron chi connectivity index (χ0n) is 9.39. The van der Waals surface area contributed by atoms with E-state index in [0.717, 1.165) is 11.8 Å². The van der Waals surface area contributed by atoms with E-state index in [4.69, 9.17) is 9.47 Å². The topological polar surface area (TPSA) is 55.8 Å².